The highest BCUT2D eigenvalue weighted by Gasteiger charge is 2.04. The third kappa shape index (κ3) is 3.67. The Hall–Kier alpha value is -1.42. The molecule has 0 aliphatic rings. The zero-order chi connectivity index (χ0) is 11.1. The monoisotopic (exact) mass is 201 g/mol. The van der Waals surface area contributed by atoms with E-state index in [1.54, 1.807) is 0 Å². The van der Waals surface area contributed by atoms with Crippen LogP contribution in [0.1, 0.15) is 38.7 Å². The molecule has 1 N–H and O–H groups in total. The lowest BCUT2D eigenvalue weighted by Crippen LogP contribution is -2.17. The first-order valence-corrected chi connectivity index (χ1v) is 5.63. The van der Waals surface area contributed by atoms with E-state index in [1.165, 1.54) is 12.8 Å². The van der Waals surface area contributed by atoms with Crippen molar-refractivity contribution >= 4 is 5.69 Å². The smallest absolute Gasteiger partial charge is 0.0354 e. The van der Waals surface area contributed by atoms with E-state index in [0.29, 0.717) is 6.04 Å². The van der Waals surface area contributed by atoms with E-state index >= 15 is 0 Å². The number of terminal acetylenes is 1. The maximum absolute atomic E-state index is 5.36. The van der Waals surface area contributed by atoms with Gasteiger partial charge in [0, 0.05) is 17.3 Å². The van der Waals surface area contributed by atoms with Crippen LogP contribution in [0.5, 0.6) is 0 Å². The lowest BCUT2D eigenvalue weighted by molar-refractivity contribution is 0.623. The standard InChI is InChI=1S/C14H19N/c1-4-8-13(6-3)15-14-10-7-9-12(5-2)11-14/h2,7,9-11,13,15H,4,6,8H2,1,3H3. The van der Waals surface area contributed by atoms with Crippen molar-refractivity contribution in [3.63, 3.8) is 0 Å². The van der Waals surface area contributed by atoms with Crippen LogP contribution in [0.15, 0.2) is 24.3 Å². The molecule has 0 fully saturated rings. The van der Waals surface area contributed by atoms with Crippen LogP contribution in [0.4, 0.5) is 5.69 Å². The zero-order valence-electron chi connectivity index (χ0n) is 9.59. The third-order valence-electron chi connectivity index (χ3n) is 2.53. The lowest BCUT2D eigenvalue weighted by Gasteiger charge is -2.17. The molecule has 1 aromatic carbocycles. The summed E-state index contributed by atoms with van der Waals surface area (Å²) in [5, 5.41) is 3.51. The van der Waals surface area contributed by atoms with E-state index in [1.807, 2.05) is 18.2 Å². The number of hydrogen-bond donors (Lipinski definition) is 1. The molecule has 1 heteroatoms. The Morgan fingerprint density at radius 3 is 2.80 bits per heavy atom. The molecule has 0 saturated heterocycles. The second-order valence-electron chi connectivity index (χ2n) is 3.76. The maximum Gasteiger partial charge on any atom is 0.0354 e. The molecule has 0 saturated carbocycles. The summed E-state index contributed by atoms with van der Waals surface area (Å²) in [6.45, 7) is 4.42. The van der Waals surface area contributed by atoms with Gasteiger partial charge in [-0.15, -0.1) is 6.42 Å². The van der Waals surface area contributed by atoms with Crippen molar-refractivity contribution in [1.82, 2.24) is 0 Å². The summed E-state index contributed by atoms with van der Waals surface area (Å²) in [5.74, 6) is 2.65. The van der Waals surface area contributed by atoms with Gasteiger partial charge in [-0.3, -0.25) is 0 Å². The van der Waals surface area contributed by atoms with E-state index in [2.05, 4.69) is 31.2 Å². The molecule has 0 aliphatic heterocycles. The topological polar surface area (TPSA) is 12.0 Å². The molecule has 0 spiro atoms. The van der Waals surface area contributed by atoms with E-state index in [9.17, 15) is 0 Å². The largest absolute Gasteiger partial charge is 0.382 e. The summed E-state index contributed by atoms with van der Waals surface area (Å²) in [6.07, 6.45) is 8.92. The second kappa shape index (κ2) is 6.14. The average Bonchev–Trinajstić information content (AvgIpc) is 2.29. The number of anilines is 1. The molecule has 1 rings (SSSR count). The van der Waals surface area contributed by atoms with Gasteiger partial charge in [0.25, 0.3) is 0 Å². The van der Waals surface area contributed by atoms with Crippen LogP contribution in [0, 0.1) is 12.3 Å². The molecule has 1 unspecified atom stereocenters. The summed E-state index contributed by atoms with van der Waals surface area (Å²) >= 11 is 0. The van der Waals surface area contributed by atoms with E-state index in [-0.39, 0.29) is 0 Å². The van der Waals surface area contributed by atoms with Gasteiger partial charge in [-0.1, -0.05) is 32.3 Å². The first-order chi connectivity index (χ1) is 7.30. The summed E-state index contributed by atoms with van der Waals surface area (Å²) < 4.78 is 0. The molecule has 15 heavy (non-hydrogen) atoms. The fourth-order valence-corrected chi connectivity index (χ4v) is 1.66. The van der Waals surface area contributed by atoms with Gasteiger partial charge in [-0.25, -0.2) is 0 Å². The highest BCUT2D eigenvalue weighted by atomic mass is 14.9. The molecule has 0 amide bonds. The van der Waals surface area contributed by atoms with Crippen molar-refractivity contribution in [3.8, 4) is 12.3 Å². The van der Waals surface area contributed by atoms with Crippen LogP contribution < -0.4 is 5.32 Å². The summed E-state index contributed by atoms with van der Waals surface area (Å²) in [6, 6.07) is 8.60. The molecular formula is C14H19N. The fourth-order valence-electron chi connectivity index (χ4n) is 1.66. The number of nitrogens with one attached hydrogen (secondary N) is 1. The Morgan fingerprint density at radius 1 is 1.40 bits per heavy atom. The SMILES string of the molecule is C#Cc1cccc(NC(CC)CCC)c1. The predicted octanol–water partition coefficient (Wildman–Crippen LogP) is 3.66. The Labute approximate surface area is 92.9 Å². The van der Waals surface area contributed by atoms with E-state index < -0.39 is 0 Å². The minimum atomic E-state index is 0.558. The summed E-state index contributed by atoms with van der Waals surface area (Å²) in [4.78, 5) is 0. The molecule has 1 atom stereocenters. The molecule has 0 radical (unpaired) electrons. The van der Waals surface area contributed by atoms with Gasteiger partial charge in [0.15, 0.2) is 0 Å². The van der Waals surface area contributed by atoms with Crippen molar-refractivity contribution in [2.24, 2.45) is 0 Å². The molecular weight excluding hydrogens is 182 g/mol. The van der Waals surface area contributed by atoms with E-state index in [0.717, 1.165) is 17.7 Å². The number of rotatable bonds is 5. The van der Waals surface area contributed by atoms with Crippen LogP contribution in [-0.4, -0.2) is 6.04 Å². The molecule has 1 aromatic rings. The van der Waals surface area contributed by atoms with Crippen molar-refractivity contribution in [2.45, 2.75) is 39.2 Å². The molecule has 80 valence electrons. The molecule has 0 heterocycles. The minimum Gasteiger partial charge on any atom is -0.382 e. The third-order valence-corrected chi connectivity index (χ3v) is 2.53. The quantitative estimate of drug-likeness (QED) is 0.717. The molecule has 0 bridgehead atoms. The van der Waals surface area contributed by atoms with Gasteiger partial charge >= 0.3 is 0 Å². The highest BCUT2D eigenvalue weighted by molar-refractivity contribution is 5.50. The lowest BCUT2D eigenvalue weighted by atomic mass is 10.1. The molecule has 0 aliphatic carbocycles. The predicted molar refractivity (Wildman–Crippen MR) is 67.0 cm³/mol. The minimum absolute atomic E-state index is 0.558. The van der Waals surface area contributed by atoms with Crippen molar-refractivity contribution < 1.29 is 0 Å². The molecule has 0 aromatic heterocycles. The first kappa shape index (κ1) is 11.7. The van der Waals surface area contributed by atoms with Gasteiger partial charge < -0.3 is 5.32 Å². The van der Waals surface area contributed by atoms with Crippen molar-refractivity contribution in [2.75, 3.05) is 5.32 Å². The van der Waals surface area contributed by atoms with Crippen LogP contribution in [0.3, 0.4) is 0 Å². The van der Waals surface area contributed by atoms with Gasteiger partial charge in [-0.05, 0) is 31.0 Å². The van der Waals surface area contributed by atoms with Crippen LogP contribution >= 0.6 is 0 Å². The first-order valence-electron chi connectivity index (χ1n) is 5.63. The Balaban J connectivity index is 2.66. The van der Waals surface area contributed by atoms with Crippen LogP contribution in [-0.2, 0) is 0 Å². The van der Waals surface area contributed by atoms with Crippen LogP contribution in [0.25, 0.3) is 0 Å². The molecule has 1 nitrogen and oxygen atoms in total. The fraction of sp³-hybridized carbons (Fsp3) is 0.429. The number of benzene rings is 1. The van der Waals surface area contributed by atoms with Gasteiger partial charge in [0.05, 0.1) is 0 Å². The van der Waals surface area contributed by atoms with Gasteiger partial charge in [0.1, 0.15) is 0 Å². The Kier molecular flexibility index (Phi) is 4.77. The second-order valence-corrected chi connectivity index (χ2v) is 3.76. The zero-order valence-corrected chi connectivity index (χ0v) is 9.59. The summed E-state index contributed by atoms with van der Waals surface area (Å²) in [7, 11) is 0. The van der Waals surface area contributed by atoms with Crippen molar-refractivity contribution in [1.29, 1.82) is 0 Å². The van der Waals surface area contributed by atoms with E-state index in [4.69, 9.17) is 6.42 Å². The maximum atomic E-state index is 5.36. The average molecular weight is 201 g/mol. The normalized spacial score (nSPS) is 11.8. The number of hydrogen-bond acceptors (Lipinski definition) is 1. The van der Waals surface area contributed by atoms with Gasteiger partial charge in [0.2, 0.25) is 0 Å². The Morgan fingerprint density at radius 2 is 2.20 bits per heavy atom. The summed E-state index contributed by atoms with van der Waals surface area (Å²) in [5.41, 5.74) is 2.07. The van der Waals surface area contributed by atoms with Gasteiger partial charge in [-0.2, -0.15) is 0 Å². The Bertz CT molecular complexity index is 335. The van der Waals surface area contributed by atoms with Crippen molar-refractivity contribution in [3.05, 3.63) is 29.8 Å². The van der Waals surface area contributed by atoms with Crippen LogP contribution in [0.2, 0.25) is 0 Å². The highest BCUT2D eigenvalue weighted by Crippen LogP contribution is 2.14.